The minimum atomic E-state index is 0.0159. The topological polar surface area (TPSA) is 41.6 Å². The highest BCUT2D eigenvalue weighted by Crippen LogP contribution is 2.28. The van der Waals surface area contributed by atoms with Gasteiger partial charge in [0.2, 0.25) is 0 Å². The van der Waals surface area contributed by atoms with Crippen LogP contribution in [-0.4, -0.2) is 38.3 Å². The molecule has 0 radical (unpaired) electrons. The molecule has 0 saturated heterocycles. The van der Waals surface area contributed by atoms with Gasteiger partial charge >= 0.3 is 0 Å². The van der Waals surface area contributed by atoms with Crippen LogP contribution in [0.1, 0.15) is 21.5 Å². The van der Waals surface area contributed by atoms with Gasteiger partial charge < -0.3 is 15.0 Å². The average Bonchev–Trinajstić information content (AvgIpc) is 2.59. The van der Waals surface area contributed by atoms with Gasteiger partial charge in [0.1, 0.15) is 5.75 Å². The fraction of sp³-hybridized carbons (Fsp3) is 0.316. The number of hydrogen-bond donors (Lipinski definition) is 1. The van der Waals surface area contributed by atoms with Crippen LogP contribution in [0.2, 0.25) is 0 Å². The lowest BCUT2D eigenvalue weighted by molar-refractivity contribution is 0.0827. The summed E-state index contributed by atoms with van der Waals surface area (Å²) in [6, 6.07) is 12.1. The van der Waals surface area contributed by atoms with Crippen LogP contribution in [0.4, 0.5) is 5.69 Å². The van der Waals surface area contributed by atoms with E-state index in [9.17, 15) is 4.79 Å². The van der Waals surface area contributed by atoms with Crippen LogP contribution < -0.4 is 10.1 Å². The van der Waals surface area contributed by atoms with Crippen molar-refractivity contribution in [2.45, 2.75) is 18.4 Å². The Balaban J connectivity index is 2.15. The van der Waals surface area contributed by atoms with Gasteiger partial charge in [-0.1, -0.05) is 12.1 Å². The van der Waals surface area contributed by atoms with Gasteiger partial charge in [-0.3, -0.25) is 4.79 Å². The minimum absolute atomic E-state index is 0.0159. The molecule has 2 aromatic rings. The number of amides is 1. The van der Waals surface area contributed by atoms with Crippen molar-refractivity contribution in [3.8, 4) is 5.75 Å². The van der Waals surface area contributed by atoms with Crippen molar-refractivity contribution < 1.29 is 9.53 Å². The first kappa shape index (κ1) is 18.2. The van der Waals surface area contributed by atoms with Crippen LogP contribution in [0.3, 0.4) is 0 Å². The second-order valence-corrected chi connectivity index (χ2v) is 6.62. The summed E-state index contributed by atoms with van der Waals surface area (Å²) < 4.78 is 5.42. The first-order valence-electron chi connectivity index (χ1n) is 7.73. The van der Waals surface area contributed by atoms with E-state index in [1.807, 2.05) is 37.4 Å². The predicted molar refractivity (Wildman–Crippen MR) is 101 cm³/mol. The molecule has 0 bridgehead atoms. The summed E-state index contributed by atoms with van der Waals surface area (Å²) in [6.07, 6.45) is 2.03. The summed E-state index contributed by atoms with van der Waals surface area (Å²) in [5.74, 6) is 0.899. The maximum atomic E-state index is 12.2. The van der Waals surface area contributed by atoms with Crippen molar-refractivity contribution in [1.82, 2.24) is 4.90 Å². The van der Waals surface area contributed by atoms with Crippen LogP contribution in [0.5, 0.6) is 5.75 Å². The lowest BCUT2D eigenvalue weighted by atomic mass is 10.1. The maximum absolute atomic E-state index is 12.2. The number of methoxy groups -OCH3 is 1. The van der Waals surface area contributed by atoms with Gasteiger partial charge in [-0.2, -0.15) is 0 Å². The van der Waals surface area contributed by atoms with Gasteiger partial charge in [0.25, 0.3) is 5.91 Å². The van der Waals surface area contributed by atoms with Crippen molar-refractivity contribution in [3.63, 3.8) is 0 Å². The van der Waals surface area contributed by atoms with Crippen LogP contribution in [0, 0.1) is 6.92 Å². The molecule has 0 unspecified atom stereocenters. The van der Waals surface area contributed by atoms with E-state index in [0.29, 0.717) is 6.54 Å². The Morgan fingerprint density at radius 3 is 2.58 bits per heavy atom. The zero-order chi connectivity index (χ0) is 17.7. The molecular weight excluding hydrogens is 320 g/mol. The van der Waals surface area contributed by atoms with Crippen molar-refractivity contribution in [2.75, 3.05) is 32.8 Å². The molecule has 0 spiro atoms. The lowest BCUT2D eigenvalue weighted by Crippen LogP contribution is -2.22. The first-order chi connectivity index (χ1) is 11.5. The van der Waals surface area contributed by atoms with E-state index in [1.165, 1.54) is 0 Å². The molecule has 1 N–H and O–H groups in total. The van der Waals surface area contributed by atoms with Crippen molar-refractivity contribution in [1.29, 1.82) is 0 Å². The SMILES string of the molecule is COc1cc(CNc2ccc(C)c(C(=O)N(C)C)c2)ccc1SC. The maximum Gasteiger partial charge on any atom is 0.253 e. The molecule has 0 aliphatic rings. The standard InChI is InChI=1S/C19H24N2O2S/c1-13-6-8-15(11-16(13)19(22)21(2)3)20-12-14-7-9-18(24-5)17(10-14)23-4/h6-11,20H,12H2,1-5H3. The number of nitrogens with zero attached hydrogens (tertiary/aromatic N) is 1. The molecular formula is C19H24N2O2S. The van der Waals surface area contributed by atoms with Crippen LogP contribution in [0.25, 0.3) is 0 Å². The largest absolute Gasteiger partial charge is 0.496 e. The van der Waals surface area contributed by atoms with Gasteiger partial charge in [0.05, 0.1) is 7.11 Å². The third kappa shape index (κ3) is 4.23. The number of aryl methyl sites for hydroxylation is 1. The second kappa shape index (κ2) is 8.11. The van der Waals surface area contributed by atoms with E-state index in [1.54, 1.807) is 37.9 Å². The van der Waals surface area contributed by atoms with Crippen molar-refractivity contribution in [2.24, 2.45) is 0 Å². The monoisotopic (exact) mass is 344 g/mol. The smallest absolute Gasteiger partial charge is 0.253 e. The number of hydrogen-bond acceptors (Lipinski definition) is 4. The molecule has 0 aromatic heterocycles. The predicted octanol–water partition coefficient (Wildman–Crippen LogP) is 4.04. The van der Waals surface area contributed by atoms with Gasteiger partial charge in [-0.25, -0.2) is 0 Å². The van der Waals surface area contributed by atoms with E-state index in [-0.39, 0.29) is 5.91 Å². The summed E-state index contributed by atoms with van der Waals surface area (Å²) in [5, 5.41) is 3.38. The molecule has 1 amide bonds. The number of carbonyl (C=O) groups excluding carboxylic acids is 1. The molecule has 4 nitrogen and oxygen atoms in total. The van der Waals surface area contributed by atoms with E-state index < -0.39 is 0 Å². The Kier molecular flexibility index (Phi) is 6.15. The fourth-order valence-corrected chi connectivity index (χ4v) is 2.95. The van der Waals surface area contributed by atoms with Crippen LogP contribution in [0.15, 0.2) is 41.3 Å². The molecule has 0 fully saturated rings. The summed E-state index contributed by atoms with van der Waals surface area (Å²) >= 11 is 1.67. The van der Waals surface area contributed by atoms with Crippen molar-refractivity contribution in [3.05, 3.63) is 53.1 Å². The zero-order valence-corrected chi connectivity index (χ0v) is 15.7. The van der Waals surface area contributed by atoms with Crippen LogP contribution >= 0.6 is 11.8 Å². The number of thioether (sulfide) groups is 1. The molecule has 0 saturated carbocycles. The Labute approximate surface area is 148 Å². The third-order valence-electron chi connectivity index (χ3n) is 3.82. The third-order valence-corrected chi connectivity index (χ3v) is 4.60. The van der Waals surface area contributed by atoms with Gasteiger partial charge in [-0.05, 0) is 48.6 Å². The number of benzene rings is 2. The summed E-state index contributed by atoms with van der Waals surface area (Å²) in [4.78, 5) is 14.9. The molecule has 0 aliphatic carbocycles. The highest BCUT2D eigenvalue weighted by atomic mass is 32.2. The molecule has 2 rings (SSSR count). The molecule has 5 heteroatoms. The lowest BCUT2D eigenvalue weighted by Gasteiger charge is -2.15. The molecule has 2 aromatic carbocycles. The minimum Gasteiger partial charge on any atom is -0.496 e. The van der Waals surface area contributed by atoms with E-state index >= 15 is 0 Å². The number of carbonyl (C=O) groups is 1. The van der Waals surface area contributed by atoms with Gasteiger partial charge in [0, 0.05) is 36.8 Å². The highest BCUT2D eigenvalue weighted by Gasteiger charge is 2.12. The van der Waals surface area contributed by atoms with Crippen molar-refractivity contribution >= 4 is 23.4 Å². The molecule has 128 valence electrons. The summed E-state index contributed by atoms with van der Waals surface area (Å²) in [6.45, 7) is 2.62. The zero-order valence-electron chi connectivity index (χ0n) is 14.8. The highest BCUT2D eigenvalue weighted by molar-refractivity contribution is 7.98. The van der Waals surface area contributed by atoms with Gasteiger partial charge in [0.15, 0.2) is 0 Å². The van der Waals surface area contributed by atoms with E-state index in [4.69, 9.17) is 4.74 Å². The number of ether oxygens (including phenoxy) is 1. The number of anilines is 1. The fourth-order valence-electron chi connectivity index (χ4n) is 2.40. The summed E-state index contributed by atoms with van der Waals surface area (Å²) in [5.41, 5.74) is 3.76. The Morgan fingerprint density at radius 1 is 1.21 bits per heavy atom. The van der Waals surface area contributed by atoms with Crippen LogP contribution in [-0.2, 0) is 6.54 Å². The first-order valence-corrected chi connectivity index (χ1v) is 8.95. The quantitative estimate of drug-likeness (QED) is 0.803. The molecule has 0 heterocycles. The molecule has 0 aliphatic heterocycles. The van der Waals surface area contributed by atoms with Gasteiger partial charge in [-0.15, -0.1) is 11.8 Å². The summed E-state index contributed by atoms with van der Waals surface area (Å²) in [7, 11) is 5.22. The van der Waals surface area contributed by atoms with E-state index in [2.05, 4.69) is 17.4 Å². The number of nitrogens with one attached hydrogen (secondary N) is 1. The Morgan fingerprint density at radius 2 is 1.96 bits per heavy atom. The Hall–Kier alpha value is -2.14. The second-order valence-electron chi connectivity index (χ2n) is 5.77. The molecule has 24 heavy (non-hydrogen) atoms. The Bertz CT molecular complexity index is 729. The normalized spacial score (nSPS) is 10.4. The average molecular weight is 344 g/mol. The van der Waals surface area contributed by atoms with E-state index in [0.717, 1.165) is 33.0 Å². The molecule has 0 atom stereocenters. The number of rotatable bonds is 6.